The predicted molar refractivity (Wildman–Crippen MR) is 63.8 cm³/mol. The molecular weight excluding hydrogens is 208 g/mol. The third-order valence-corrected chi connectivity index (χ3v) is 3.49. The second kappa shape index (κ2) is 5.28. The molecule has 0 fully saturated rings. The van der Waals surface area contributed by atoms with Crippen LogP contribution in [0.4, 0.5) is 0 Å². The van der Waals surface area contributed by atoms with Crippen LogP contribution in [0.25, 0.3) is 0 Å². The van der Waals surface area contributed by atoms with Crippen LogP contribution in [0.5, 0.6) is 0 Å². The molecule has 1 heterocycles. The lowest BCUT2D eigenvalue weighted by Gasteiger charge is -2.20. The van der Waals surface area contributed by atoms with E-state index in [4.69, 9.17) is 5.73 Å². The van der Waals surface area contributed by atoms with Crippen LogP contribution in [0, 0.1) is 6.92 Å². The number of amides is 1. The molecule has 1 rings (SSSR count). The third-order valence-electron chi connectivity index (χ3n) is 2.48. The van der Waals surface area contributed by atoms with Crippen molar-refractivity contribution in [1.29, 1.82) is 0 Å². The first kappa shape index (κ1) is 12.2. The summed E-state index contributed by atoms with van der Waals surface area (Å²) in [5.41, 5.74) is 6.94. The Bertz CT molecular complexity index is 335. The van der Waals surface area contributed by atoms with Crippen LogP contribution in [0.3, 0.4) is 0 Å². The first-order valence-corrected chi connectivity index (χ1v) is 5.97. The summed E-state index contributed by atoms with van der Waals surface area (Å²) >= 11 is 1.68. The van der Waals surface area contributed by atoms with Gasteiger partial charge >= 0.3 is 0 Å². The van der Waals surface area contributed by atoms with Crippen molar-refractivity contribution in [3.05, 3.63) is 21.9 Å². The molecule has 4 heteroatoms. The van der Waals surface area contributed by atoms with Crippen molar-refractivity contribution >= 4 is 17.2 Å². The van der Waals surface area contributed by atoms with Crippen LogP contribution >= 0.6 is 11.3 Å². The Labute approximate surface area is 94.9 Å². The van der Waals surface area contributed by atoms with Gasteiger partial charge in [0, 0.05) is 11.9 Å². The highest BCUT2D eigenvalue weighted by atomic mass is 32.1. The summed E-state index contributed by atoms with van der Waals surface area (Å²) in [5.74, 6) is 0.0188. The van der Waals surface area contributed by atoms with Gasteiger partial charge in [0.2, 0.25) is 5.91 Å². The lowest BCUT2D eigenvalue weighted by Crippen LogP contribution is -2.40. The standard InChI is InChI=1S/C11H18N2OS/c1-4-9(12)11(14)13(3)7-10-8(2)5-6-15-10/h5-6,9H,4,7,12H2,1-3H3/t9-/m0/s1. The Morgan fingerprint density at radius 3 is 2.80 bits per heavy atom. The Morgan fingerprint density at radius 2 is 2.33 bits per heavy atom. The van der Waals surface area contributed by atoms with Crippen molar-refractivity contribution < 1.29 is 4.79 Å². The van der Waals surface area contributed by atoms with Gasteiger partial charge in [-0.3, -0.25) is 4.79 Å². The lowest BCUT2D eigenvalue weighted by molar-refractivity contribution is -0.131. The van der Waals surface area contributed by atoms with Crippen molar-refractivity contribution in [1.82, 2.24) is 4.90 Å². The van der Waals surface area contributed by atoms with Gasteiger partial charge in [0.05, 0.1) is 12.6 Å². The van der Waals surface area contributed by atoms with E-state index in [1.165, 1.54) is 10.4 Å². The molecule has 0 aliphatic heterocycles. The first-order chi connectivity index (χ1) is 7.06. The fraction of sp³-hybridized carbons (Fsp3) is 0.545. The smallest absolute Gasteiger partial charge is 0.239 e. The number of carbonyl (C=O) groups excluding carboxylic acids is 1. The Morgan fingerprint density at radius 1 is 1.67 bits per heavy atom. The van der Waals surface area contributed by atoms with Crippen LogP contribution in [0.15, 0.2) is 11.4 Å². The van der Waals surface area contributed by atoms with Crippen LogP contribution in [0.1, 0.15) is 23.8 Å². The van der Waals surface area contributed by atoms with Gasteiger partial charge in [0.25, 0.3) is 0 Å². The second-order valence-corrected chi connectivity index (χ2v) is 4.74. The van der Waals surface area contributed by atoms with E-state index >= 15 is 0 Å². The number of aryl methyl sites for hydroxylation is 1. The number of hydrogen-bond acceptors (Lipinski definition) is 3. The molecule has 84 valence electrons. The minimum atomic E-state index is -0.365. The number of carbonyl (C=O) groups is 1. The van der Waals surface area contributed by atoms with E-state index in [2.05, 4.69) is 13.0 Å². The maximum atomic E-state index is 11.7. The zero-order chi connectivity index (χ0) is 11.4. The van der Waals surface area contributed by atoms with Gasteiger partial charge in [-0.2, -0.15) is 0 Å². The van der Waals surface area contributed by atoms with E-state index in [0.717, 1.165) is 0 Å². The molecule has 1 aromatic rings. The number of hydrogen-bond donors (Lipinski definition) is 1. The zero-order valence-corrected chi connectivity index (χ0v) is 10.3. The fourth-order valence-corrected chi connectivity index (χ4v) is 2.28. The molecule has 0 spiro atoms. The maximum Gasteiger partial charge on any atom is 0.239 e. The summed E-state index contributed by atoms with van der Waals surface area (Å²) in [5, 5.41) is 2.04. The summed E-state index contributed by atoms with van der Waals surface area (Å²) in [6.07, 6.45) is 0.687. The predicted octanol–water partition coefficient (Wildman–Crippen LogP) is 1.75. The monoisotopic (exact) mass is 226 g/mol. The van der Waals surface area contributed by atoms with Crippen molar-refractivity contribution in [3.8, 4) is 0 Å². The molecule has 15 heavy (non-hydrogen) atoms. The second-order valence-electron chi connectivity index (χ2n) is 3.74. The van der Waals surface area contributed by atoms with Crippen LogP contribution in [-0.2, 0) is 11.3 Å². The Kier molecular flexibility index (Phi) is 4.29. The molecule has 1 aromatic heterocycles. The van der Waals surface area contributed by atoms with E-state index in [-0.39, 0.29) is 11.9 Å². The molecule has 0 unspecified atom stereocenters. The molecule has 0 saturated carbocycles. The van der Waals surface area contributed by atoms with Gasteiger partial charge in [-0.25, -0.2) is 0 Å². The average Bonchev–Trinajstić information content (AvgIpc) is 2.62. The van der Waals surface area contributed by atoms with Gasteiger partial charge in [0.1, 0.15) is 0 Å². The topological polar surface area (TPSA) is 46.3 Å². The van der Waals surface area contributed by atoms with Crippen molar-refractivity contribution in [2.75, 3.05) is 7.05 Å². The largest absolute Gasteiger partial charge is 0.339 e. The summed E-state index contributed by atoms with van der Waals surface area (Å²) in [6, 6.07) is 1.70. The van der Waals surface area contributed by atoms with Crippen LogP contribution in [0.2, 0.25) is 0 Å². The summed E-state index contributed by atoms with van der Waals surface area (Å²) in [7, 11) is 1.80. The minimum absolute atomic E-state index is 0.0188. The number of rotatable bonds is 4. The molecule has 2 N–H and O–H groups in total. The molecule has 0 radical (unpaired) electrons. The van der Waals surface area contributed by atoms with E-state index in [9.17, 15) is 4.79 Å². The molecule has 0 saturated heterocycles. The summed E-state index contributed by atoms with van der Waals surface area (Å²) < 4.78 is 0. The van der Waals surface area contributed by atoms with Gasteiger partial charge in [-0.15, -0.1) is 11.3 Å². The van der Waals surface area contributed by atoms with E-state index in [0.29, 0.717) is 13.0 Å². The molecule has 0 aliphatic carbocycles. The van der Waals surface area contributed by atoms with Gasteiger partial charge < -0.3 is 10.6 Å². The molecule has 3 nitrogen and oxygen atoms in total. The quantitative estimate of drug-likeness (QED) is 0.850. The van der Waals surface area contributed by atoms with Crippen molar-refractivity contribution in [2.24, 2.45) is 5.73 Å². The summed E-state index contributed by atoms with van der Waals surface area (Å²) in [4.78, 5) is 14.6. The molecule has 1 amide bonds. The van der Waals surface area contributed by atoms with Gasteiger partial charge in [0.15, 0.2) is 0 Å². The normalized spacial score (nSPS) is 12.5. The minimum Gasteiger partial charge on any atom is -0.339 e. The molecule has 0 aliphatic rings. The van der Waals surface area contributed by atoms with Crippen LogP contribution < -0.4 is 5.73 Å². The fourth-order valence-electron chi connectivity index (χ4n) is 1.32. The van der Waals surface area contributed by atoms with Crippen molar-refractivity contribution in [3.63, 3.8) is 0 Å². The highest BCUT2D eigenvalue weighted by Crippen LogP contribution is 2.17. The van der Waals surface area contributed by atoms with E-state index < -0.39 is 0 Å². The number of likely N-dealkylation sites (N-methyl/N-ethyl adjacent to an activating group) is 1. The molecular formula is C11H18N2OS. The third kappa shape index (κ3) is 3.04. The SMILES string of the molecule is CC[C@H](N)C(=O)N(C)Cc1sccc1C. The van der Waals surface area contributed by atoms with E-state index in [1.54, 1.807) is 23.3 Å². The van der Waals surface area contributed by atoms with Gasteiger partial charge in [-0.1, -0.05) is 6.92 Å². The molecule has 0 bridgehead atoms. The van der Waals surface area contributed by atoms with Crippen molar-refractivity contribution in [2.45, 2.75) is 32.9 Å². The Hall–Kier alpha value is -0.870. The maximum absolute atomic E-state index is 11.7. The highest BCUT2D eigenvalue weighted by molar-refractivity contribution is 7.10. The lowest BCUT2D eigenvalue weighted by atomic mass is 10.2. The number of nitrogens with zero attached hydrogens (tertiary/aromatic N) is 1. The van der Waals surface area contributed by atoms with Crippen LogP contribution in [-0.4, -0.2) is 23.9 Å². The average molecular weight is 226 g/mol. The zero-order valence-electron chi connectivity index (χ0n) is 9.49. The highest BCUT2D eigenvalue weighted by Gasteiger charge is 2.16. The molecule has 1 atom stereocenters. The first-order valence-electron chi connectivity index (χ1n) is 5.09. The summed E-state index contributed by atoms with van der Waals surface area (Å²) in [6.45, 7) is 4.65. The molecule has 0 aromatic carbocycles. The van der Waals surface area contributed by atoms with E-state index in [1.807, 2.05) is 12.3 Å². The Balaban J connectivity index is 2.60. The number of nitrogens with two attached hydrogens (primary N) is 1. The van der Waals surface area contributed by atoms with Gasteiger partial charge in [-0.05, 0) is 30.4 Å². The number of thiophene rings is 1.